The predicted molar refractivity (Wildman–Crippen MR) is 78.8 cm³/mol. The van der Waals surface area contributed by atoms with Gasteiger partial charge in [0.1, 0.15) is 0 Å². The summed E-state index contributed by atoms with van der Waals surface area (Å²) in [5, 5.41) is 0. The van der Waals surface area contributed by atoms with Gasteiger partial charge in [0, 0.05) is 0 Å². The second kappa shape index (κ2) is 5.88. The van der Waals surface area contributed by atoms with Gasteiger partial charge < -0.3 is 5.73 Å². The summed E-state index contributed by atoms with van der Waals surface area (Å²) in [5.41, 5.74) is 10.4. The smallest absolute Gasteiger partial charge is 0.000529 e. The fourth-order valence-corrected chi connectivity index (χ4v) is 3.63. The molecule has 100 valence electrons. The average molecular weight is 245 g/mol. The van der Waals surface area contributed by atoms with Gasteiger partial charge >= 0.3 is 0 Å². The molecule has 1 aromatic rings. The van der Waals surface area contributed by atoms with Crippen LogP contribution in [0.5, 0.6) is 0 Å². The molecule has 1 nitrogen and oxygen atoms in total. The lowest BCUT2D eigenvalue weighted by Crippen LogP contribution is -2.29. The van der Waals surface area contributed by atoms with Gasteiger partial charge in [0.05, 0.1) is 0 Å². The molecule has 0 radical (unpaired) electrons. The van der Waals surface area contributed by atoms with Crippen LogP contribution in [0.4, 0.5) is 0 Å². The van der Waals surface area contributed by atoms with E-state index in [4.69, 9.17) is 5.73 Å². The molecule has 3 atom stereocenters. The first-order valence-corrected chi connectivity index (χ1v) is 7.40. The fourth-order valence-electron chi connectivity index (χ4n) is 3.63. The Morgan fingerprint density at radius 2 is 1.94 bits per heavy atom. The van der Waals surface area contributed by atoms with E-state index in [2.05, 4.69) is 39.0 Å². The van der Waals surface area contributed by atoms with E-state index in [1.165, 1.54) is 42.4 Å². The van der Waals surface area contributed by atoms with Crippen molar-refractivity contribution >= 4 is 0 Å². The van der Waals surface area contributed by atoms with E-state index in [9.17, 15) is 0 Å². The predicted octanol–water partition coefficient (Wildman–Crippen LogP) is 4.17. The average Bonchev–Trinajstić information content (AvgIpc) is 2.36. The highest BCUT2D eigenvalue weighted by atomic mass is 14.6. The Hall–Kier alpha value is -0.820. The minimum Gasteiger partial charge on any atom is -0.330 e. The molecule has 1 aliphatic rings. The Morgan fingerprint density at radius 3 is 2.61 bits per heavy atom. The van der Waals surface area contributed by atoms with E-state index >= 15 is 0 Å². The number of hydrogen-bond acceptors (Lipinski definition) is 1. The minimum absolute atomic E-state index is 0.556. The molecule has 1 heteroatoms. The van der Waals surface area contributed by atoms with Gasteiger partial charge in [-0.3, -0.25) is 0 Å². The summed E-state index contributed by atoms with van der Waals surface area (Å²) < 4.78 is 0. The van der Waals surface area contributed by atoms with Gasteiger partial charge in [-0.25, -0.2) is 0 Å². The van der Waals surface area contributed by atoms with E-state index < -0.39 is 0 Å². The maximum Gasteiger partial charge on any atom is -0.000529 e. The van der Waals surface area contributed by atoms with Crippen LogP contribution in [-0.2, 0) is 0 Å². The van der Waals surface area contributed by atoms with Gasteiger partial charge in [0.15, 0.2) is 0 Å². The van der Waals surface area contributed by atoms with Crippen molar-refractivity contribution in [2.24, 2.45) is 17.6 Å². The summed E-state index contributed by atoms with van der Waals surface area (Å²) in [7, 11) is 0. The number of rotatable bonds is 3. The molecule has 1 saturated carbocycles. The maximum atomic E-state index is 6.12. The third-order valence-corrected chi connectivity index (χ3v) is 4.78. The number of hydrogen-bond donors (Lipinski definition) is 1. The molecule has 2 rings (SSSR count). The van der Waals surface area contributed by atoms with Crippen molar-refractivity contribution in [2.45, 2.75) is 52.4 Å². The molecule has 1 fully saturated rings. The Kier molecular flexibility index (Phi) is 4.45. The van der Waals surface area contributed by atoms with E-state index in [0.29, 0.717) is 5.92 Å². The minimum atomic E-state index is 0.556. The van der Waals surface area contributed by atoms with Crippen LogP contribution in [0.15, 0.2) is 18.2 Å². The van der Waals surface area contributed by atoms with Crippen molar-refractivity contribution in [3.8, 4) is 0 Å². The summed E-state index contributed by atoms with van der Waals surface area (Å²) in [6.07, 6.45) is 5.53. The molecule has 0 bridgehead atoms. The van der Waals surface area contributed by atoms with Gasteiger partial charge in [-0.2, -0.15) is 0 Å². The molecule has 1 aliphatic carbocycles. The van der Waals surface area contributed by atoms with Gasteiger partial charge in [0.25, 0.3) is 0 Å². The number of nitrogens with two attached hydrogens (primary N) is 1. The van der Waals surface area contributed by atoms with Crippen LogP contribution in [0.1, 0.15) is 55.2 Å². The van der Waals surface area contributed by atoms with Gasteiger partial charge in [-0.05, 0) is 55.7 Å². The van der Waals surface area contributed by atoms with Crippen LogP contribution >= 0.6 is 0 Å². The van der Waals surface area contributed by atoms with Gasteiger partial charge in [-0.1, -0.05) is 49.9 Å². The highest BCUT2D eigenvalue weighted by molar-refractivity contribution is 5.34. The summed E-state index contributed by atoms with van der Waals surface area (Å²) in [6, 6.07) is 6.81. The van der Waals surface area contributed by atoms with Crippen molar-refractivity contribution in [1.29, 1.82) is 0 Å². The number of aryl methyl sites for hydroxylation is 2. The topological polar surface area (TPSA) is 26.0 Å². The van der Waals surface area contributed by atoms with E-state index in [1.54, 1.807) is 0 Å². The normalized spacial score (nSPS) is 26.0. The molecule has 18 heavy (non-hydrogen) atoms. The van der Waals surface area contributed by atoms with Crippen LogP contribution in [0.25, 0.3) is 0 Å². The first-order valence-electron chi connectivity index (χ1n) is 7.40. The summed E-state index contributed by atoms with van der Waals surface area (Å²) in [4.78, 5) is 0. The fraction of sp³-hybridized carbons (Fsp3) is 0.647. The second-order valence-corrected chi connectivity index (χ2v) is 6.13. The van der Waals surface area contributed by atoms with E-state index in [1.807, 2.05) is 0 Å². The van der Waals surface area contributed by atoms with Gasteiger partial charge in [-0.15, -0.1) is 0 Å². The largest absolute Gasteiger partial charge is 0.330 e. The molecule has 0 amide bonds. The molecule has 2 N–H and O–H groups in total. The molecule has 0 spiro atoms. The van der Waals surface area contributed by atoms with Crippen molar-refractivity contribution in [1.82, 2.24) is 0 Å². The van der Waals surface area contributed by atoms with Crippen molar-refractivity contribution in [3.63, 3.8) is 0 Å². The molecule has 0 aromatic heterocycles. The Labute approximate surface area is 112 Å². The maximum absolute atomic E-state index is 6.12. The SMILES string of the molecule is Cc1ccc(C)c(C(CN)C2CCCCC2C)c1. The first-order chi connectivity index (χ1) is 8.63. The lowest BCUT2D eigenvalue weighted by Gasteiger charge is -2.36. The summed E-state index contributed by atoms with van der Waals surface area (Å²) >= 11 is 0. The highest BCUT2D eigenvalue weighted by Gasteiger charge is 2.30. The molecule has 1 aromatic carbocycles. The Morgan fingerprint density at radius 1 is 1.22 bits per heavy atom. The van der Waals surface area contributed by atoms with Crippen LogP contribution in [0.3, 0.4) is 0 Å². The first kappa shape index (κ1) is 13.6. The van der Waals surface area contributed by atoms with Gasteiger partial charge in [0.2, 0.25) is 0 Å². The zero-order valence-corrected chi connectivity index (χ0v) is 12.1. The molecule has 0 aliphatic heterocycles. The molecule has 3 unspecified atom stereocenters. The zero-order chi connectivity index (χ0) is 13.1. The third-order valence-electron chi connectivity index (χ3n) is 4.78. The van der Waals surface area contributed by atoms with E-state index in [0.717, 1.165) is 18.4 Å². The molecule has 0 heterocycles. The molecular formula is C17H27N. The zero-order valence-electron chi connectivity index (χ0n) is 12.1. The van der Waals surface area contributed by atoms with Crippen molar-refractivity contribution < 1.29 is 0 Å². The Bertz CT molecular complexity index is 397. The van der Waals surface area contributed by atoms with Crippen molar-refractivity contribution in [3.05, 3.63) is 34.9 Å². The Balaban J connectivity index is 2.29. The van der Waals surface area contributed by atoms with Crippen LogP contribution in [0, 0.1) is 25.7 Å². The lowest BCUT2D eigenvalue weighted by molar-refractivity contribution is 0.218. The quantitative estimate of drug-likeness (QED) is 0.849. The molecular weight excluding hydrogens is 218 g/mol. The van der Waals surface area contributed by atoms with Crippen molar-refractivity contribution in [2.75, 3.05) is 6.54 Å². The van der Waals surface area contributed by atoms with E-state index in [-0.39, 0.29) is 0 Å². The molecule has 0 saturated heterocycles. The van der Waals surface area contributed by atoms with Crippen LogP contribution in [0.2, 0.25) is 0 Å². The number of benzene rings is 1. The standard InChI is InChI=1S/C17H27N/c1-12-8-9-14(3)16(10-12)17(11-18)15-7-5-4-6-13(15)2/h8-10,13,15,17H,4-7,11,18H2,1-3H3. The highest BCUT2D eigenvalue weighted by Crippen LogP contribution is 2.40. The summed E-state index contributed by atoms with van der Waals surface area (Å²) in [5.74, 6) is 2.16. The summed E-state index contributed by atoms with van der Waals surface area (Å²) in [6.45, 7) is 7.61. The van der Waals surface area contributed by atoms with Crippen LogP contribution in [-0.4, -0.2) is 6.54 Å². The monoisotopic (exact) mass is 245 g/mol. The van der Waals surface area contributed by atoms with Crippen LogP contribution < -0.4 is 5.73 Å². The lowest BCUT2D eigenvalue weighted by atomic mass is 9.70. The third kappa shape index (κ3) is 2.77. The second-order valence-electron chi connectivity index (χ2n) is 6.13.